The van der Waals surface area contributed by atoms with E-state index in [1.807, 2.05) is 30.3 Å². The van der Waals surface area contributed by atoms with Crippen molar-refractivity contribution in [3.63, 3.8) is 0 Å². The fraction of sp³-hybridized carbons (Fsp3) is 0. The average molecular weight is 626 g/mol. The van der Waals surface area contributed by atoms with Gasteiger partial charge in [-0.05, 0) is 62.1 Å². The number of fused-ring (bicyclic) bond motifs is 7. The number of furan rings is 1. The van der Waals surface area contributed by atoms with Crippen LogP contribution < -0.4 is 0 Å². The Morgan fingerprint density at radius 1 is 0.327 bits per heavy atom. The van der Waals surface area contributed by atoms with Gasteiger partial charge in [-0.2, -0.15) is 0 Å². The molecule has 10 aromatic rings. The van der Waals surface area contributed by atoms with Crippen molar-refractivity contribution >= 4 is 54.3 Å². The Hall–Kier alpha value is -6.65. The third-order valence-corrected chi connectivity index (χ3v) is 9.49. The number of hydrogen-bond acceptors (Lipinski definition) is 4. The summed E-state index contributed by atoms with van der Waals surface area (Å²) in [7, 11) is 0. The Labute approximate surface area is 282 Å². The summed E-state index contributed by atoms with van der Waals surface area (Å²) < 4.78 is 6.77. The number of aromatic nitrogens is 3. The van der Waals surface area contributed by atoms with Gasteiger partial charge in [-0.3, -0.25) is 0 Å². The molecule has 0 fully saturated rings. The van der Waals surface area contributed by atoms with Gasteiger partial charge < -0.3 is 4.42 Å². The maximum Gasteiger partial charge on any atom is 0.164 e. The van der Waals surface area contributed by atoms with Crippen LogP contribution in [0, 0.1) is 0 Å². The molecule has 0 radical (unpaired) electrons. The van der Waals surface area contributed by atoms with E-state index in [0.29, 0.717) is 17.5 Å². The van der Waals surface area contributed by atoms with Gasteiger partial charge in [0, 0.05) is 33.0 Å². The molecule has 2 heterocycles. The summed E-state index contributed by atoms with van der Waals surface area (Å²) in [5, 5.41) is 9.34. The molecule has 0 aliphatic carbocycles. The highest BCUT2D eigenvalue weighted by Crippen LogP contribution is 2.41. The lowest BCUT2D eigenvalue weighted by molar-refractivity contribution is 0.670. The summed E-state index contributed by atoms with van der Waals surface area (Å²) in [5.41, 5.74) is 6.63. The van der Waals surface area contributed by atoms with Crippen LogP contribution in [0.4, 0.5) is 0 Å². The zero-order valence-electron chi connectivity index (χ0n) is 26.3. The van der Waals surface area contributed by atoms with E-state index in [1.54, 1.807) is 0 Å². The second kappa shape index (κ2) is 11.0. The predicted molar refractivity (Wildman–Crippen MR) is 201 cm³/mol. The molecule has 0 N–H and O–H groups in total. The molecule has 4 nitrogen and oxygen atoms in total. The third kappa shape index (κ3) is 4.57. The zero-order valence-corrected chi connectivity index (χ0v) is 26.3. The van der Waals surface area contributed by atoms with E-state index in [0.717, 1.165) is 55.1 Å². The van der Waals surface area contributed by atoms with Crippen molar-refractivity contribution in [2.45, 2.75) is 0 Å². The van der Waals surface area contributed by atoms with Crippen LogP contribution in [0.3, 0.4) is 0 Å². The Kier molecular flexibility index (Phi) is 6.15. The fourth-order valence-corrected chi connectivity index (χ4v) is 7.11. The maximum atomic E-state index is 6.77. The van der Waals surface area contributed by atoms with Crippen molar-refractivity contribution in [3.8, 4) is 45.3 Å². The minimum Gasteiger partial charge on any atom is -0.455 e. The van der Waals surface area contributed by atoms with Gasteiger partial charge in [-0.15, -0.1) is 0 Å². The molecule has 0 bridgehead atoms. The highest BCUT2D eigenvalue weighted by atomic mass is 16.3. The van der Waals surface area contributed by atoms with Gasteiger partial charge in [-0.25, -0.2) is 15.0 Å². The molecule has 0 atom stereocenters. The van der Waals surface area contributed by atoms with Gasteiger partial charge in [0.05, 0.1) is 0 Å². The fourth-order valence-electron chi connectivity index (χ4n) is 7.11. The first kappa shape index (κ1) is 27.5. The van der Waals surface area contributed by atoms with E-state index in [2.05, 4.69) is 133 Å². The van der Waals surface area contributed by atoms with Gasteiger partial charge in [0.25, 0.3) is 0 Å². The second-order valence-electron chi connectivity index (χ2n) is 12.4. The van der Waals surface area contributed by atoms with Crippen molar-refractivity contribution in [3.05, 3.63) is 164 Å². The zero-order chi connectivity index (χ0) is 32.3. The number of hydrogen-bond donors (Lipinski definition) is 0. The van der Waals surface area contributed by atoms with Gasteiger partial charge in [0.15, 0.2) is 17.5 Å². The highest BCUT2D eigenvalue weighted by molar-refractivity contribution is 6.18. The van der Waals surface area contributed by atoms with E-state index >= 15 is 0 Å². The lowest BCUT2D eigenvalue weighted by Crippen LogP contribution is -2.00. The van der Waals surface area contributed by atoms with E-state index < -0.39 is 0 Å². The van der Waals surface area contributed by atoms with Crippen LogP contribution in [0.25, 0.3) is 99.5 Å². The van der Waals surface area contributed by atoms with Crippen molar-refractivity contribution < 1.29 is 4.42 Å². The molecule has 0 spiro atoms. The SMILES string of the molecule is c1ccc(-c2nc(-c3ccc4ccccc4c3)nc(-c3ccc4c(c3)oc3c(-c5cc6ccccc6c6ccccc56)cccc34)n2)cc1. The molecule has 49 heavy (non-hydrogen) atoms. The second-order valence-corrected chi connectivity index (χ2v) is 12.4. The summed E-state index contributed by atoms with van der Waals surface area (Å²) >= 11 is 0. The Morgan fingerprint density at radius 2 is 0.939 bits per heavy atom. The van der Waals surface area contributed by atoms with Gasteiger partial charge in [0.1, 0.15) is 11.2 Å². The third-order valence-electron chi connectivity index (χ3n) is 9.49. The molecule has 2 aromatic heterocycles. The molecule has 228 valence electrons. The van der Waals surface area contributed by atoms with E-state index in [4.69, 9.17) is 19.4 Å². The van der Waals surface area contributed by atoms with E-state index in [-0.39, 0.29) is 0 Å². The van der Waals surface area contributed by atoms with Crippen molar-refractivity contribution in [2.75, 3.05) is 0 Å². The van der Waals surface area contributed by atoms with Crippen LogP contribution in [-0.2, 0) is 0 Å². The normalized spacial score (nSPS) is 11.7. The van der Waals surface area contributed by atoms with Gasteiger partial charge in [-0.1, -0.05) is 140 Å². The standard InChI is InChI=1S/C45H27N3O/c1-2-12-29(13-3-1)43-46-44(32-22-21-28-11-4-5-14-30(28)25-32)48-45(47-43)33-23-24-37-38-19-10-20-39(42(38)49-41(37)27-33)40-26-31-15-6-7-16-34(31)35-17-8-9-18-36(35)40/h1-27H. The number of rotatable bonds is 4. The van der Waals surface area contributed by atoms with Crippen LogP contribution in [0.1, 0.15) is 0 Å². The predicted octanol–water partition coefficient (Wildman–Crippen LogP) is 11.9. The van der Waals surface area contributed by atoms with Crippen molar-refractivity contribution in [2.24, 2.45) is 0 Å². The first-order chi connectivity index (χ1) is 24.3. The molecule has 0 aliphatic rings. The molecular formula is C45H27N3O. The summed E-state index contributed by atoms with van der Waals surface area (Å²) in [6, 6.07) is 56.9. The molecule has 0 unspecified atom stereocenters. The summed E-state index contributed by atoms with van der Waals surface area (Å²) in [4.78, 5) is 15.0. The molecule has 10 rings (SSSR count). The molecule has 8 aromatic carbocycles. The lowest BCUT2D eigenvalue weighted by Gasteiger charge is -2.11. The van der Waals surface area contributed by atoms with Crippen LogP contribution >= 0.6 is 0 Å². The molecule has 0 saturated carbocycles. The van der Waals surface area contributed by atoms with Crippen LogP contribution in [0.2, 0.25) is 0 Å². The van der Waals surface area contributed by atoms with E-state index in [1.165, 1.54) is 26.9 Å². The Balaban J connectivity index is 1.16. The highest BCUT2D eigenvalue weighted by Gasteiger charge is 2.18. The quantitative estimate of drug-likeness (QED) is 0.183. The summed E-state index contributed by atoms with van der Waals surface area (Å²) in [6.07, 6.45) is 0. The Bertz CT molecular complexity index is 2890. The van der Waals surface area contributed by atoms with Crippen molar-refractivity contribution in [1.82, 2.24) is 15.0 Å². The van der Waals surface area contributed by atoms with E-state index in [9.17, 15) is 0 Å². The number of para-hydroxylation sites is 1. The van der Waals surface area contributed by atoms with Crippen LogP contribution in [0.5, 0.6) is 0 Å². The maximum absolute atomic E-state index is 6.77. The monoisotopic (exact) mass is 625 g/mol. The minimum absolute atomic E-state index is 0.597. The topological polar surface area (TPSA) is 51.8 Å². The minimum atomic E-state index is 0.597. The van der Waals surface area contributed by atoms with Crippen LogP contribution in [0.15, 0.2) is 168 Å². The smallest absolute Gasteiger partial charge is 0.164 e. The number of nitrogens with zero attached hydrogens (tertiary/aromatic N) is 3. The van der Waals surface area contributed by atoms with Crippen molar-refractivity contribution in [1.29, 1.82) is 0 Å². The summed E-state index contributed by atoms with van der Waals surface area (Å²) in [6.45, 7) is 0. The molecule has 4 heteroatoms. The molecular weight excluding hydrogens is 599 g/mol. The summed E-state index contributed by atoms with van der Waals surface area (Å²) in [5.74, 6) is 1.86. The molecule has 0 saturated heterocycles. The first-order valence-electron chi connectivity index (χ1n) is 16.4. The van der Waals surface area contributed by atoms with Gasteiger partial charge in [0.2, 0.25) is 0 Å². The average Bonchev–Trinajstić information content (AvgIpc) is 3.56. The number of benzene rings is 8. The first-order valence-corrected chi connectivity index (χ1v) is 16.4. The lowest BCUT2D eigenvalue weighted by atomic mass is 9.92. The van der Waals surface area contributed by atoms with Crippen LogP contribution in [-0.4, -0.2) is 15.0 Å². The van der Waals surface area contributed by atoms with Gasteiger partial charge >= 0.3 is 0 Å². The molecule has 0 aliphatic heterocycles. The Morgan fingerprint density at radius 3 is 1.76 bits per heavy atom. The largest absolute Gasteiger partial charge is 0.455 e. The molecule has 0 amide bonds.